The van der Waals surface area contributed by atoms with Gasteiger partial charge in [0.05, 0.1) is 40.5 Å². The Morgan fingerprint density at radius 1 is 1.38 bits per heavy atom. The lowest BCUT2D eigenvalue weighted by molar-refractivity contribution is 0.321. The summed E-state index contributed by atoms with van der Waals surface area (Å²) in [6.45, 7) is 3.10. The second-order valence-corrected chi connectivity index (χ2v) is 7.93. The van der Waals surface area contributed by atoms with Crippen LogP contribution in [0.4, 0.5) is 0 Å². The number of thiophene rings is 1. The summed E-state index contributed by atoms with van der Waals surface area (Å²) in [6, 6.07) is 2.07. The fourth-order valence-electron chi connectivity index (χ4n) is 3.06. The average Bonchev–Trinajstić information content (AvgIpc) is 3.31. The molecule has 0 fully saturated rings. The Balaban J connectivity index is 1.76. The summed E-state index contributed by atoms with van der Waals surface area (Å²) >= 11 is 3.46. The number of aliphatic hydroxyl groups is 1. The Kier molecular flexibility index (Phi) is 4.47. The van der Waals surface area contributed by atoms with Crippen LogP contribution in [0.2, 0.25) is 0 Å². The molecule has 24 heavy (non-hydrogen) atoms. The summed E-state index contributed by atoms with van der Waals surface area (Å²) in [5.74, 6) is 1.13. The molecule has 0 radical (unpaired) electrons. The van der Waals surface area contributed by atoms with E-state index in [1.165, 1.54) is 10.2 Å². The Morgan fingerprint density at radius 2 is 2.29 bits per heavy atom. The Morgan fingerprint density at radius 3 is 3.08 bits per heavy atom. The topological polar surface area (TPSA) is 63.0 Å². The van der Waals surface area contributed by atoms with Gasteiger partial charge in [0.15, 0.2) is 0 Å². The summed E-state index contributed by atoms with van der Waals surface area (Å²) in [5, 5.41) is 17.0. The molecule has 3 aromatic rings. The van der Waals surface area contributed by atoms with Crippen LogP contribution >= 0.6 is 23.1 Å². The van der Waals surface area contributed by atoms with Gasteiger partial charge in [-0.15, -0.1) is 23.1 Å². The first kappa shape index (κ1) is 15.9. The number of imidazole rings is 1. The van der Waals surface area contributed by atoms with Crippen molar-refractivity contribution in [3.63, 3.8) is 0 Å². The van der Waals surface area contributed by atoms with E-state index in [1.807, 2.05) is 11.6 Å². The molecule has 4 rings (SSSR count). The standard InChI is InChI=1S/C17H20N4OS2/c1-2-3-4-14-20-13-7-18-12-5-6-23-17(12)16(13)21(14)8-15-19-11(9-22)10-24-15/h5-7,10,15,19,22H,2-4,8-9H2,1H3. The van der Waals surface area contributed by atoms with Crippen LogP contribution in [-0.2, 0) is 13.0 Å². The lowest BCUT2D eigenvalue weighted by Crippen LogP contribution is -2.27. The first-order valence-corrected chi connectivity index (χ1v) is 10.1. The molecule has 7 heteroatoms. The van der Waals surface area contributed by atoms with Gasteiger partial charge in [0, 0.05) is 12.1 Å². The number of nitrogens with zero attached hydrogens (tertiary/aromatic N) is 3. The van der Waals surface area contributed by atoms with Crippen LogP contribution in [0.1, 0.15) is 25.6 Å². The van der Waals surface area contributed by atoms with Crippen LogP contribution < -0.4 is 5.32 Å². The van der Waals surface area contributed by atoms with E-state index in [0.29, 0.717) is 0 Å². The van der Waals surface area contributed by atoms with Gasteiger partial charge in [-0.25, -0.2) is 4.98 Å². The van der Waals surface area contributed by atoms with Gasteiger partial charge >= 0.3 is 0 Å². The Bertz CT molecular complexity index is 899. The van der Waals surface area contributed by atoms with E-state index in [2.05, 4.69) is 33.2 Å². The minimum absolute atomic E-state index is 0.0654. The number of rotatable bonds is 6. The molecule has 0 aromatic carbocycles. The molecule has 3 aromatic heterocycles. The van der Waals surface area contributed by atoms with Crippen LogP contribution in [0, 0.1) is 0 Å². The maximum atomic E-state index is 9.30. The van der Waals surface area contributed by atoms with Crippen molar-refractivity contribution >= 4 is 44.3 Å². The molecule has 0 saturated carbocycles. The van der Waals surface area contributed by atoms with Crippen molar-refractivity contribution in [3.05, 3.63) is 34.6 Å². The molecule has 126 valence electrons. The van der Waals surface area contributed by atoms with Crippen LogP contribution in [-0.4, -0.2) is 31.6 Å². The van der Waals surface area contributed by atoms with Gasteiger partial charge in [-0.2, -0.15) is 0 Å². The molecule has 0 spiro atoms. The number of aromatic nitrogens is 3. The lowest BCUT2D eigenvalue weighted by atomic mass is 10.2. The van der Waals surface area contributed by atoms with E-state index >= 15 is 0 Å². The average molecular weight is 361 g/mol. The molecule has 0 amide bonds. The minimum atomic E-state index is 0.0654. The van der Waals surface area contributed by atoms with Gasteiger partial charge in [-0.1, -0.05) is 13.3 Å². The van der Waals surface area contributed by atoms with Gasteiger partial charge in [-0.3, -0.25) is 4.98 Å². The zero-order valence-electron chi connectivity index (χ0n) is 13.5. The third kappa shape index (κ3) is 2.81. The largest absolute Gasteiger partial charge is 0.390 e. The van der Waals surface area contributed by atoms with Crippen molar-refractivity contribution < 1.29 is 5.11 Å². The summed E-state index contributed by atoms with van der Waals surface area (Å²) in [6.07, 6.45) is 5.16. The number of nitrogens with one attached hydrogen (secondary N) is 1. The molecule has 4 heterocycles. The predicted molar refractivity (Wildman–Crippen MR) is 101 cm³/mol. The number of fused-ring (bicyclic) bond motifs is 3. The van der Waals surface area contributed by atoms with Crippen molar-refractivity contribution in [1.29, 1.82) is 0 Å². The number of pyridine rings is 1. The Hall–Kier alpha value is -1.57. The molecule has 5 nitrogen and oxygen atoms in total. The number of hydrogen-bond donors (Lipinski definition) is 2. The number of aryl methyl sites for hydroxylation is 1. The molecule has 1 atom stereocenters. The number of aliphatic hydroxyl groups excluding tert-OH is 1. The van der Waals surface area contributed by atoms with Crippen LogP contribution in [0.25, 0.3) is 21.3 Å². The second kappa shape index (κ2) is 6.74. The first-order valence-electron chi connectivity index (χ1n) is 8.23. The van der Waals surface area contributed by atoms with Gasteiger partial charge in [0.1, 0.15) is 11.3 Å². The third-order valence-corrected chi connectivity index (χ3v) is 6.18. The highest BCUT2D eigenvalue weighted by molar-refractivity contribution is 8.02. The number of hydrogen-bond acceptors (Lipinski definition) is 6. The smallest absolute Gasteiger partial charge is 0.110 e. The highest BCUT2D eigenvalue weighted by Crippen LogP contribution is 2.31. The molecule has 0 saturated heterocycles. The third-order valence-electron chi connectivity index (χ3n) is 4.25. The molecule has 1 aliphatic rings. The van der Waals surface area contributed by atoms with Crippen molar-refractivity contribution in [2.45, 2.75) is 38.1 Å². The van der Waals surface area contributed by atoms with Crippen LogP contribution in [0.5, 0.6) is 0 Å². The number of thioether (sulfide) groups is 1. The Labute approximate surface area is 148 Å². The highest BCUT2D eigenvalue weighted by Gasteiger charge is 2.21. The quantitative estimate of drug-likeness (QED) is 0.705. The van der Waals surface area contributed by atoms with E-state index < -0.39 is 0 Å². The van der Waals surface area contributed by atoms with Crippen LogP contribution in [0.15, 0.2) is 28.7 Å². The van der Waals surface area contributed by atoms with E-state index in [9.17, 15) is 5.11 Å². The molecule has 0 aliphatic carbocycles. The van der Waals surface area contributed by atoms with Crippen LogP contribution in [0.3, 0.4) is 0 Å². The van der Waals surface area contributed by atoms with E-state index in [1.54, 1.807) is 23.1 Å². The predicted octanol–water partition coefficient (Wildman–Crippen LogP) is 3.48. The zero-order chi connectivity index (χ0) is 16.5. The van der Waals surface area contributed by atoms with E-state index in [4.69, 9.17) is 4.98 Å². The highest BCUT2D eigenvalue weighted by atomic mass is 32.2. The SMILES string of the molecule is CCCCc1nc2cnc3ccsc3c2n1CC1NC(CO)=CS1. The minimum Gasteiger partial charge on any atom is -0.390 e. The maximum Gasteiger partial charge on any atom is 0.110 e. The molecular weight excluding hydrogens is 340 g/mol. The van der Waals surface area contributed by atoms with E-state index in [-0.39, 0.29) is 12.0 Å². The molecule has 1 aliphatic heterocycles. The monoisotopic (exact) mass is 360 g/mol. The molecule has 2 N–H and O–H groups in total. The van der Waals surface area contributed by atoms with Crippen molar-refractivity contribution in [2.24, 2.45) is 0 Å². The molecule has 0 bridgehead atoms. The van der Waals surface area contributed by atoms with Gasteiger partial charge in [-0.05, 0) is 23.3 Å². The van der Waals surface area contributed by atoms with Gasteiger partial charge in [0.2, 0.25) is 0 Å². The second-order valence-electron chi connectivity index (χ2n) is 5.94. The summed E-state index contributed by atoms with van der Waals surface area (Å²) in [4.78, 5) is 9.40. The summed E-state index contributed by atoms with van der Waals surface area (Å²) < 4.78 is 3.56. The van der Waals surface area contributed by atoms with Gasteiger partial charge in [0.25, 0.3) is 0 Å². The first-order chi connectivity index (χ1) is 11.8. The summed E-state index contributed by atoms with van der Waals surface area (Å²) in [5.41, 5.74) is 4.11. The van der Waals surface area contributed by atoms with E-state index in [0.717, 1.165) is 48.4 Å². The zero-order valence-corrected chi connectivity index (χ0v) is 15.2. The van der Waals surface area contributed by atoms with Crippen molar-refractivity contribution in [3.8, 4) is 0 Å². The molecule has 1 unspecified atom stereocenters. The molecular formula is C17H20N4OS2. The lowest BCUT2D eigenvalue weighted by Gasteiger charge is -2.16. The normalized spacial score (nSPS) is 17.6. The van der Waals surface area contributed by atoms with Crippen molar-refractivity contribution in [2.75, 3.05) is 6.61 Å². The summed E-state index contributed by atoms with van der Waals surface area (Å²) in [7, 11) is 0. The number of unbranched alkanes of at least 4 members (excludes halogenated alkanes) is 1. The fourth-order valence-corrected chi connectivity index (χ4v) is 4.89. The maximum absolute atomic E-state index is 9.30. The fraction of sp³-hybridized carbons (Fsp3) is 0.412. The van der Waals surface area contributed by atoms with Gasteiger partial charge < -0.3 is 15.0 Å². The van der Waals surface area contributed by atoms with Crippen molar-refractivity contribution in [1.82, 2.24) is 19.9 Å².